The fourth-order valence-electron chi connectivity index (χ4n) is 1.97. The molecule has 0 spiro atoms. The summed E-state index contributed by atoms with van der Waals surface area (Å²) >= 11 is 0. The standard InChI is InChI=1S/C12H25NO2/c1-12(2,3)11(15)6-8-13-7-4-5-10(14)9-13/h10-11,14-15H,4-9H2,1-3H3. The molecule has 1 rings (SSSR count). The first-order valence-electron chi connectivity index (χ1n) is 5.98. The normalized spacial score (nSPS) is 26.6. The molecule has 3 heteroatoms. The van der Waals surface area contributed by atoms with Gasteiger partial charge in [0.2, 0.25) is 0 Å². The van der Waals surface area contributed by atoms with Crippen molar-refractivity contribution in [2.75, 3.05) is 19.6 Å². The van der Waals surface area contributed by atoms with Crippen LogP contribution < -0.4 is 0 Å². The van der Waals surface area contributed by atoms with Gasteiger partial charge in [-0.2, -0.15) is 0 Å². The Bertz CT molecular complexity index is 189. The number of rotatable bonds is 3. The van der Waals surface area contributed by atoms with Crippen molar-refractivity contribution in [3.63, 3.8) is 0 Å². The monoisotopic (exact) mass is 215 g/mol. The maximum atomic E-state index is 9.89. The van der Waals surface area contributed by atoms with Gasteiger partial charge < -0.3 is 15.1 Å². The van der Waals surface area contributed by atoms with E-state index in [9.17, 15) is 10.2 Å². The second-order valence-electron chi connectivity index (χ2n) is 5.77. The van der Waals surface area contributed by atoms with Crippen molar-refractivity contribution in [1.82, 2.24) is 4.90 Å². The summed E-state index contributed by atoms with van der Waals surface area (Å²) in [6.45, 7) is 8.91. The number of hydrogen-bond donors (Lipinski definition) is 2. The van der Waals surface area contributed by atoms with Crippen LogP contribution in [0, 0.1) is 5.41 Å². The molecule has 0 saturated carbocycles. The molecule has 2 atom stereocenters. The topological polar surface area (TPSA) is 43.7 Å². The fraction of sp³-hybridized carbons (Fsp3) is 1.00. The summed E-state index contributed by atoms with van der Waals surface area (Å²) < 4.78 is 0. The Morgan fingerprint density at radius 2 is 2.07 bits per heavy atom. The van der Waals surface area contributed by atoms with Crippen molar-refractivity contribution in [2.45, 2.75) is 52.2 Å². The Kier molecular flexibility index (Phi) is 4.56. The molecule has 0 aromatic rings. The predicted octanol–water partition coefficient (Wildman–Crippen LogP) is 1.24. The van der Waals surface area contributed by atoms with Gasteiger partial charge in [-0.15, -0.1) is 0 Å². The molecular formula is C12H25NO2. The largest absolute Gasteiger partial charge is 0.393 e. The first-order valence-corrected chi connectivity index (χ1v) is 5.98. The molecule has 3 nitrogen and oxygen atoms in total. The molecule has 1 aliphatic rings. The van der Waals surface area contributed by atoms with E-state index in [1.165, 1.54) is 0 Å². The molecule has 0 bridgehead atoms. The third-order valence-electron chi connectivity index (χ3n) is 3.20. The van der Waals surface area contributed by atoms with Crippen molar-refractivity contribution in [1.29, 1.82) is 0 Å². The summed E-state index contributed by atoms with van der Waals surface area (Å²) in [5, 5.41) is 19.4. The quantitative estimate of drug-likeness (QED) is 0.744. The second kappa shape index (κ2) is 5.28. The van der Waals surface area contributed by atoms with Crippen LogP contribution in [-0.2, 0) is 0 Å². The van der Waals surface area contributed by atoms with Crippen molar-refractivity contribution in [2.24, 2.45) is 5.41 Å². The highest BCUT2D eigenvalue weighted by Crippen LogP contribution is 2.22. The summed E-state index contributed by atoms with van der Waals surface area (Å²) in [6.07, 6.45) is 2.39. The van der Waals surface area contributed by atoms with Crippen LogP contribution in [0.25, 0.3) is 0 Å². The number of aliphatic hydroxyl groups is 2. The fourth-order valence-corrected chi connectivity index (χ4v) is 1.97. The van der Waals surface area contributed by atoms with E-state index < -0.39 is 0 Å². The molecule has 1 fully saturated rings. The van der Waals surface area contributed by atoms with E-state index >= 15 is 0 Å². The maximum absolute atomic E-state index is 9.89. The zero-order valence-corrected chi connectivity index (χ0v) is 10.2. The van der Waals surface area contributed by atoms with Gasteiger partial charge in [0.05, 0.1) is 12.2 Å². The van der Waals surface area contributed by atoms with E-state index in [-0.39, 0.29) is 17.6 Å². The molecule has 2 unspecified atom stereocenters. The summed E-state index contributed by atoms with van der Waals surface area (Å²) in [5.41, 5.74) is -0.0333. The third-order valence-corrected chi connectivity index (χ3v) is 3.20. The molecular weight excluding hydrogens is 190 g/mol. The van der Waals surface area contributed by atoms with E-state index in [1.54, 1.807) is 0 Å². The van der Waals surface area contributed by atoms with Crippen LogP contribution in [0.4, 0.5) is 0 Å². The molecule has 0 aromatic heterocycles. The molecule has 1 heterocycles. The molecule has 0 aliphatic carbocycles. The highest BCUT2D eigenvalue weighted by Gasteiger charge is 2.24. The van der Waals surface area contributed by atoms with Gasteiger partial charge in [-0.25, -0.2) is 0 Å². The number of hydrogen-bond acceptors (Lipinski definition) is 3. The van der Waals surface area contributed by atoms with Crippen molar-refractivity contribution >= 4 is 0 Å². The Balaban J connectivity index is 2.24. The van der Waals surface area contributed by atoms with Crippen LogP contribution in [-0.4, -0.2) is 47.0 Å². The van der Waals surface area contributed by atoms with Crippen LogP contribution in [0.5, 0.6) is 0 Å². The average Bonchev–Trinajstić information content (AvgIpc) is 2.12. The zero-order valence-electron chi connectivity index (χ0n) is 10.2. The summed E-state index contributed by atoms with van der Waals surface area (Å²) in [4.78, 5) is 2.25. The highest BCUT2D eigenvalue weighted by molar-refractivity contribution is 4.77. The minimum absolute atomic E-state index is 0.0333. The SMILES string of the molecule is CC(C)(C)C(O)CCN1CCCC(O)C1. The van der Waals surface area contributed by atoms with Crippen LogP contribution in [0.1, 0.15) is 40.0 Å². The van der Waals surface area contributed by atoms with Gasteiger partial charge in [0.15, 0.2) is 0 Å². The van der Waals surface area contributed by atoms with Crippen molar-refractivity contribution in [3.05, 3.63) is 0 Å². The van der Waals surface area contributed by atoms with Gasteiger partial charge >= 0.3 is 0 Å². The molecule has 90 valence electrons. The maximum Gasteiger partial charge on any atom is 0.0667 e. The molecule has 1 aliphatic heterocycles. The minimum atomic E-state index is -0.253. The smallest absolute Gasteiger partial charge is 0.0667 e. The van der Waals surface area contributed by atoms with Gasteiger partial charge in [0.25, 0.3) is 0 Å². The van der Waals surface area contributed by atoms with Gasteiger partial charge in [-0.3, -0.25) is 0 Å². The lowest BCUT2D eigenvalue weighted by atomic mass is 9.87. The molecule has 15 heavy (non-hydrogen) atoms. The molecule has 1 saturated heterocycles. The first-order chi connectivity index (χ1) is 6.89. The zero-order chi connectivity index (χ0) is 11.5. The van der Waals surface area contributed by atoms with E-state index in [0.717, 1.165) is 38.9 Å². The number of nitrogens with zero attached hydrogens (tertiary/aromatic N) is 1. The number of aliphatic hydroxyl groups excluding tert-OH is 2. The van der Waals surface area contributed by atoms with Crippen LogP contribution in [0.3, 0.4) is 0 Å². The predicted molar refractivity (Wildman–Crippen MR) is 61.8 cm³/mol. The Labute approximate surface area is 93.1 Å². The lowest BCUT2D eigenvalue weighted by Crippen LogP contribution is -2.40. The number of likely N-dealkylation sites (tertiary alicyclic amines) is 1. The van der Waals surface area contributed by atoms with Crippen LogP contribution in [0.15, 0.2) is 0 Å². The second-order valence-corrected chi connectivity index (χ2v) is 5.77. The Hall–Kier alpha value is -0.120. The summed E-state index contributed by atoms with van der Waals surface area (Å²) in [6, 6.07) is 0. The van der Waals surface area contributed by atoms with Crippen molar-refractivity contribution in [3.8, 4) is 0 Å². The Morgan fingerprint density at radius 3 is 2.60 bits per heavy atom. The van der Waals surface area contributed by atoms with E-state index in [4.69, 9.17) is 0 Å². The van der Waals surface area contributed by atoms with Crippen LogP contribution >= 0.6 is 0 Å². The van der Waals surface area contributed by atoms with Gasteiger partial charge in [0, 0.05) is 13.1 Å². The summed E-state index contributed by atoms with van der Waals surface area (Å²) in [7, 11) is 0. The van der Waals surface area contributed by atoms with Gasteiger partial charge in [0.1, 0.15) is 0 Å². The molecule has 2 N–H and O–H groups in total. The van der Waals surface area contributed by atoms with E-state index in [0.29, 0.717) is 0 Å². The summed E-state index contributed by atoms with van der Waals surface area (Å²) in [5.74, 6) is 0. The molecule has 0 radical (unpaired) electrons. The Morgan fingerprint density at radius 1 is 1.40 bits per heavy atom. The van der Waals surface area contributed by atoms with E-state index in [1.807, 2.05) is 0 Å². The number of piperidine rings is 1. The number of β-amino-alcohol motifs (C(OH)–C–C–N with tert-alkyl or cyclic N) is 1. The minimum Gasteiger partial charge on any atom is -0.393 e. The van der Waals surface area contributed by atoms with Gasteiger partial charge in [-0.1, -0.05) is 20.8 Å². The molecule has 0 amide bonds. The third kappa shape index (κ3) is 4.49. The average molecular weight is 215 g/mol. The van der Waals surface area contributed by atoms with E-state index in [2.05, 4.69) is 25.7 Å². The lowest BCUT2D eigenvalue weighted by molar-refractivity contribution is 0.0275. The first kappa shape index (κ1) is 12.9. The molecule has 0 aromatic carbocycles. The van der Waals surface area contributed by atoms with Gasteiger partial charge in [-0.05, 0) is 31.2 Å². The highest BCUT2D eigenvalue weighted by atomic mass is 16.3. The van der Waals surface area contributed by atoms with Crippen molar-refractivity contribution < 1.29 is 10.2 Å². The lowest BCUT2D eigenvalue weighted by Gasteiger charge is -2.32. The van der Waals surface area contributed by atoms with Crippen LogP contribution in [0.2, 0.25) is 0 Å².